The number of carbonyl (C=O) groups is 2. The molecule has 2 aliphatic heterocycles. The fourth-order valence-corrected chi connectivity index (χ4v) is 4.81. The lowest BCUT2D eigenvalue weighted by Gasteiger charge is -2.39. The molecular formula is C21H25N3O3S. The maximum Gasteiger partial charge on any atom is 0.410 e. The van der Waals surface area contributed by atoms with Crippen molar-refractivity contribution < 1.29 is 14.3 Å². The van der Waals surface area contributed by atoms with Gasteiger partial charge in [-0.25, -0.2) is 9.78 Å². The number of carbonyl (C=O) groups excluding carboxylic acids is 2. The van der Waals surface area contributed by atoms with Crippen molar-refractivity contribution in [2.45, 2.75) is 38.6 Å². The van der Waals surface area contributed by atoms with Gasteiger partial charge in [0.05, 0.1) is 18.7 Å². The summed E-state index contributed by atoms with van der Waals surface area (Å²) in [6.07, 6.45) is 2.64. The zero-order chi connectivity index (χ0) is 19.5. The number of rotatable bonds is 4. The molecule has 3 heterocycles. The van der Waals surface area contributed by atoms with Crippen LogP contribution in [0.25, 0.3) is 10.6 Å². The fourth-order valence-electron chi connectivity index (χ4n) is 3.88. The number of hydrogen-bond donors (Lipinski definition) is 0. The van der Waals surface area contributed by atoms with Crippen LogP contribution in [0.1, 0.15) is 29.8 Å². The predicted molar refractivity (Wildman–Crippen MR) is 108 cm³/mol. The first-order valence-electron chi connectivity index (χ1n) is 9.84. The number of hydrogen-bond acceptors (Lipinski definition) is 5. The number of amides is 2. The summed E-state index contributed by atoms with van der Waals surface area (Å²) in [6, 6.07) is 10.3. The molecule has 148 valence electrons. The molecule has 1 aromatic carbocycles. The SMILES string of the molecule is Cc1sc(-c2ccccc2)nc1CC(=O)N1CCC(N2CCCOC2=O)CC1. The van der Waals surface area contributed by atoms with Crippen molar-refractivity contribution in [3.05, 3.63) is 40.9 Å². The molecule has 2 saturated heterocycles. The van der Waals surface area contributed by atoms with Gasteiger partial charge in [-0.3, -0.25) is 4.79 Å². The standard InChI is InChI=1S/C21H25N3O3S/c1-15-18(22-20(28-15)16-6-3-2-4-7-16)14-19(25)23-11-8-17(9-12-23)24-10-5-13-27-21(24)26/h2-4,6-7,17H,5,8-14H2,1H3. The molecule has 0 spiro atoms. The van der Waals surface area contributed by atoms with Crippen molar-refractivity contribution in [1.82, 2.24) is 14.8 Å². The van der Waals surface area contributed by atoms with Crippen molar-refractivity contribution in [3.63, 3.8) is 0 Å². The number of likely N-dealkylation sites (tertiary alicyclic amines) is 1. The quantitative estimate of drug-likeness (QED) is 0.789. The summed E-state index contributed by atoms with van der Waals surface area (Å²) in [5, 5.41) is 0.961. The molecule has 2 aliphatic rings. The van der Waals surface area contributed by atoms with Gasteiger partial charge >= 0.3 is 6.09 Å². The van der Waals surface area contributed by atoms with Gasteiger partial charge in [0.25, 0.3) is 0 Å². The second-order valence-corrected chi connectivity index (χ2v) is 8.54. The van der Waals surface area contributed by atoms with Gasteiger partial charge in [0.15, 0.2) is 0 Å². The summed E-state index contributed by atoms with van der Waals surface area (Å²) < 4.78 is 5.15. The Morgan fingerprint density at radius 2 is 1.96 bits per heavy atom. The lowest BCUT2D eigenvalue weighted by Crippen LogP contribution is -2.51. The third-order valence-electron chi connectivity index (χ3n) is 5.49. The number of piperidine rings is 1. The highest BCUT2D eigenvalue weighted by molar-refractivity contribution is 7.15. The molecule has 2 aromatic rings. The third-order valence-corrected chi connectivity index (χ3v) is 6.56. The highest BCUT2D eigenvalue weighted by Crippen LogP contribution is 2.28. The van der Waals surface area contributed by atoms with Gasteiger partial charge in [0.2, 0.25) is 5.91 Å². The molecule has 6 nitrogen and oxygen atoms in total. The van der Waals surface area contributed by atoms with Crippen molar-refractivity contribution in [2.75, 3.05) is 26.2 Å². The molecule has 1 aromatic heterocycles. The average Bonchev–Trinajstić information content (AvgIpc) is 3.09. The number of thiazole rings is 1. The maximum atomic E-state index is 12.8. The summed E-state index contributed by atoms with van der Waals surface area (Å²) in [6.45, 7) is 4.67. The van der Waals surface area contributed by atoms with Gasteiger partial charge in [-0.1, -0.05) is 30.3 Å². The lowest BCUT2D eigenvalue weighted by molar-refractivity contribution is -0.132. The van der Waals surface area contributed by atoms with E-state index in [1.165, 1.54) is 0 Å². The van der Waals surface area contributed by atoms with Gasteiger partial charge in [0, 0.05) is 36.1 Å². The lowest BCUT2D eigenvalue weighted by atomic mass is 10.0. The summed E-state index contributed by atoms with van der Waals surface area (Å²) in [5.41, 5.74) is 1.96. The van der Waals surface area contributed by atoms with E-state index >= 15 is 0 Å². The second-order valence-electron chi connectivity index (χ2n) is 7.34. The minimum absolute atomic E-state index is 0.118. The summed E-state index contributed by atoms with van der Waals surface area (Å²) >= 11 is 1.64. The molecule has 4 rings (SSSR count). The van der Waals surface area contributed by atoms with Crippen LogP contribution < -0.4 is 0 Å². The summed E-state index contributed by atoms with van der Waals surface area (Å²) in [5.74, 6) is 0.118. The van der Waals surface area contributed by atoms with Crippen molar-refractivity contribution in [2.24, 2.45) is 0 Å². The minimum Gasteiger partial charge on any atom is -0.449 e. The zero-order valence-electron chi connectivity index (χ0n) is 16.1. The molecule has 2 amide bonds. The summed E-state index contributed by atoms with van der Waals surface area (Å²) in [7, 11) is 0. The van der Waals surface area contributed by atoms with Gasteiger partial charge < -0.3 is 14.5 Å². The van der Waals surface area contributed by atoms with Crippen LogP contribution in [0.15, 0.2) is 30.3 Å². The Kier molecular flexibility index (Phi) is 5.62. The number of aromatic nitrogens is 1. The Bertz CT molecular complexity index is 844. The molecule has 28 heavy (non-hydrogen) atoms. The van der Waals surface area contributed by atoms with Crippen molar-refractivity contribution >= 4 is 23.3 Å². The highest BCUT2D eigenvalue weighted by atomic mass is 32.1. The van der Waals surface area contributed by atoms with E-state index < -0.39 is 0 Å². The van der Waals surface area contributed by atoms with Gasteiger partial charge in [-0.2, -0.15) is 0 Å². The molecule has 0 atom stereocenters. The normalized spacial score (nSPS) is 18.2. The predicted octanol–water partition coefficient (Wildman–Crippen LogP) is 3.49. The van der Waals surface area contributed by atoms with Gasteiger partial charge in [-0.05, 0) is 26.2 Å². The van der Waals surface area contributed by atoms with E-state index in [9.17, 15) is 9.59 Å². The summed E-state index contributed by atoms with van der Waals surface area (Å²) in [4.78, 5) is 34.3. The van der Waals surface area contributed by atoms with E-state index in [2.05, 4.69) is 0 Å². The van der Waals surface area contributed by atoms with E-state index in [1.807, 2.05) is 47.1 Å². The minimum atomic E-state index is -0.206. The van der Waals surface area contributed by atoms with E-state index in [1.54, 1.807) is 11.3 Å². The van der Waals surface area contributed by atoms with Crippen LogP contribution >= 0.6 is 11.3 Å². The maximum absolute atomic E-state index is 12.8. The number of aryl methyl sites for hydroxylation is 1. The molecule has 0 N–H and O–H groups in total. The first-order valence-corrected chi connectivity index (χ1v) is 10.7. The Morgan fingerprint density at radius 3 is 2.68 bits per heavy atom. The van der Waals surface area contributed by atoms with Gasteiger partial charge in [0.1, 0.15) is 5.01 Å². The number of ether oxygens (including phenoxy) is 1. The van der Waals surface area contributed by atoms with Crippen LogP contribution in [0, 0.1) is 6.92 Å². The number of benzene rings is 1. The molecule has 2 fully saturated rings. The Morgan fingerprint density at radius 1 is 1.21 bits per heavy atom. The third kappa shape index (κ3) is 4.04. The molecule has 0 unspecified atom stereocenters. The number of cyclic esters (lactones) is 1. The van der Waals surface area contributed by atoms with Crippen LogP contribution in [0.5, 0.6) is 0 Å². The average molecular weight is 400 g/mol. The van der Waals surface area contributed by atoms with E-state index in [4.69, 9.17) is 9.72 Å². The van der Waals surface area contributed by atoms with Gasteiger partial charge in [-0.15, -0.1) is 11.3 Å². The van der Waals surface area contributed by atoms with Crippen LogP contribution in [-0.4, -0.2) is 59.1 Å². The van der Waals surface area contributed by atoms with Crippen LogP contribution in [0.2, 0.25) is 0 Å². The van der Waals surface area contributed by atoms with Crippen LogP contribution in [-0.2, 0) is 16.0 Å². The molecule has 0 aliphatic carbocycles. The first-order chi connectivity index (χ1) is 13.6. The molecule has 0 bridgehead atoms. The van der Waals surface area contributed by atoms with E-state index in [0.29, 0.717) is 26.1 Å². The molecule has 0 saturated carbocycles. The van der Waals surface area contributed by atoms with E-state index in [-0.39, 0.29) is 18.0 Å². The smallest absolute Gasteiger partial charge is 0.410 e. The van der Waals surface area contributed by atoms with E-state index in [0.717, 1.165) is 46.9 Å². The zero-order valence-corrected chi connectivity index (χ0v) is 16.9. The Hall–Kier alpha value is -2.41. The molecule has 7 heteroatoms. The Labute approximate surface area is 169 Å². The first kappa shape index (κ1) is 18.9. The topological polar surface area (TPSA) is 62.7 Å². The highest BCUT2D eigenvalue weighted by Gasteiger charge is 2.32. The van der Waals surface area contributed by atoms with Crippen molar-refractivity contribution in [1.29, 1.82) is 0 Å². The number of nitrogens with zero attached hydrogens (tertiary/aromatic N) is 3. The Balaban J connectivity index is 1.35. The monoisotopic (exact) mass is 399 g/mol. The van der Waals surface area contributed by atoms with Crippen LogP contribution in [0.4, 0.5) is 4.79 Å². The molecule has 0 radical (unpaired) electrons. The largest absolute Gasteiger partial charge is 0.449 e. The van der Waals surface area contributed by atoms with Crippen molar-refractivity contribution in [3.8, 4) is 10.6 Å². The fraction of sp³-hybridized carbons (Fsp3) is 0.476. The van der Waals surface area contributed by atoms with Crippen LogP contribution in [0.3, 0.4) is 0 Å². The molecular weight excluding hydrogens is 374 g/mol. The second kappa shape index (κ2) is 8.31.